The predicted molar refractivity (Wildman–Crippen MR) is 58.5 cm³/mol. The van der Waals surface area contributed by atoms with Gasteiger partial charge in [-0.05, 0) is 12.1 Å². The Hall–Kier alpha value is -1.59. The van der Waals surface area contributed by atoms with Crippen LogP contribution in [-0.2, 0) is 4.74 Å². The number of rotatable bonds is 3. The van der Waals surface area contributed by atoms with Gasteiger partial charge < -0.3 is 14.8 Å². The molecule has 15 heavy (non-hydrogen) atoms. The molecule has 0 fully saturated rings. The zero-order chi connectivity index (χ0) is 11.5. The largest absolute Gasteiger partial charge is 0.458 e. The van der Waals surface area contributed by atoms with Gasteiger partial charge in [-0.2, -0.15) is 0 Å². The van der Waals surface area contributed by atoms with Gasteiger partial charge in [0.05, 0.1) is 5.56 Å². The van der Waals surface area contributed by atoms with E-state index in [0.29, 0.717) is 5.56 Å². The second kappa shape index (κ2) is 8.99. The second-order valence-electron chi connectivity index (χ2n) is 2.39. The third-order valence-electron chi connectivity index (χ3n) is 1.34. The maximum absolute atomic E-state index is 11.1. The lowest BCUT2D eigenvalue weighted by molar-refractivity contribution is 0.0549. The van der Waals surface area contributed by atoms with Crippen molar-refractivity contribution in [2.75, 3.05) is 6.61 Å². The summed E-state index contributed by atoms with van der Waals surface area (Å²) in [5.74, 6) is -0.310. The summed E-state index contributed by atoms with van der Waals surface area (Å²) in [5, 5.41) is 14.2. The Balaban J connectivity index is 0.000000583. The lowest BCUT2D eigenvalue weighted by Gasteiger charge is -1.99. The fraction of sp³-hybridized carbons (Fsp3) is 0.100. The first-order valence-electron chi connectivity index (χ1n) is 4.31. The minimum Gasteiger partial charge on any atom is -0.458 e. The summed E-state index contributed by atoms with van der Waals surface area (Å²) >= 11 is 0. The molecule has 0 unspecified atom stereocenters. The van der Waals surface area contributed by atoms with Gasteiger partial charge in [-0.25, -0.2) is 4.79 Å². The van der Waals surface area contributed by atoms with Gasteiger partial charge >= 0.3 is 13.7 Å². The average molecular weight is 208 g/mol. The topological polar surface area (TPSA) is 66.8 Å². The fourth-order valence-corrected chi connectivity index (χ4v) is 0.792. The number of benzene rings is 1. The van der Waals surface area contributed by atoms with E-state index in [-0.39, 0.29) is 12.6 Å². The van der Waals surface area contributed by atoms with Crippen LogP contribution in [0.3, 0.4) is 0 Å². The van der Waals surface area contributed by atoms with Gasteiger partial charge in [-0.15, -0.1) is 0 Å². The van der Waals surface area contributed by atoms with Crippen LogP contribution >= 0.6 is 0 Å². The van der Waals surface area contributed by atoms with Crippen molar-refractivity contribution < 1.29 is 19.6 Å². The molecule has 0 aliphatic rings. The fourth-order valence-electron chi connectivity index (χ4n) is 0.792. The molecule has 0 aromatic heterocycles. The molecule has 0 aliphatic carbocycles. The predicted octanol–water partition coefficient (Wildman–Crippen LogP) is 0.267. The van der Waals surface area contributed by atoms with E-state index in [1.165, 1.54) is 0 Å². The molecular weight excluding hydrogens is 195 g/mol. The van der Waals surface area contributed by atoms with Crippen molar-refractivity contribution in [3.05, 3.63) is 48.6 Å². The molecule has 0 radical (unpaired) electrons. The van der Waals surface area contributed by atoms with E-state index >= 15 is 0 Å². The Kier molecular flexibility index (Phi) is 8.04. The van der Waals surface area contributed by atoms with Crippen molar-refractivity contribution in [3.63, 3.8) is 0 Å². The molecule has 0 bridgehead atoms. The van der Waals surface area contributed by atoms with Crippen LogP contribution in [0.1, 0.15) is 10.4 Å². The Labute approximate surface area is 89.1 Å². The molecule has 2 N–H and O–H groups in total. The lowest BCUT2D eigenvalue weighted by Crippen LogP contribution is -2.04. The third-order valence-corrected chi connectivity index (χ3v) is 1.34. The summed E-state index contributed by atoms with van der Waals surface area (Å²) in [6, 6.07) is 8.87. The highest BCUT2D eigenvalue weighted by Gasteiger charge is 2.02. The van der Waals surface area contributed by atoms with Crippen LogP contribution in [0.15, 0.2) is 43.0 Å². The van der Waals surface area contributed by atoms with Gasteiger partial charge in [0.2, 0.25) is 0 Å². The summed E-state index contributed by atoms with van der Waals surface area (Å²) in [6.07, 6.45) is 1.54. The number of esters is 1. The first kappa shape index (κ1) is 13.4. The van der Waals surface area contributed by atoms with E-state index in [2.05, 4.69) is 6.58 Å². The van der Waals surface area contributed by atoms with Gasteiger partial charge in [-0.3, -0.25) is 0 Å². The molecule has 0 aliphatic heterocycles. The summed E-state index contributed by atoms with van der Waals surface area (Å²) < 4.78 is 4.82. The molecule has 1 rings (SSSR count). The van der Waals surface area contributed by atoms with Crippen molar-refractivity contribution in [2.45, 2.75) is 0 Å². The number of hydrogen-bond acceptors (Lipinski definition) is 4. The summed E-state index contributed by atoms with van der Waals surface area (Å²) in [4.78, 5) is 11.1. The smallest absolute Gasteiger partial charge is 0.432 e. The van der Waals surface area contributed by atoms with E-state index in [1.54, 1.807) is 30.3 Å². The summed E-state index contributed by atoms with van der Waals surface area (Å²) in [6.45, 7) is 3.71. The number of carbonyl (C=O) groups is 1. The van der Waals surface area contributed by atoms with E-state index in [9.17, 15) is 4.79 Å². The Bertz CT molecular complexity index is 287. The first-order valence-corrected chi connectivity index (χ1v) is 4.31. The average Bonchev–Trinajstić information content (AvgIpc) is 2.28. The second-order valence-corrected chi connectivity index (χ2v) is 2.39. The molecule has 80 valence electrons. The maximum atomic E-state index is 11.1. The molecule has 0 saturated heterocycles. The zero-order valence-electron chi connectivity index (χ0n) is 8.30. The van der Waals surface area contributed by atoms with Gasteiger partial charge in [0.25, 0.3) is 0 Å². The van der Waals surface area contributed by atoms with Gasteiger partial charge in [0.15, 0.2) is 0 Å². The molecule has 1 aromatic carbocycles. The minimum absolute atomic E-state index is 0.258. The van der Waals surface area contributed by atoms with Crippen molar-refractivity contribution in [3.8, 4) is 0 Å². The lowest BCUT2D eigenvalue weighted by atomic mass is 10.2. The highest BCUT2D eigenvalue weighted by molar-refractivity contribution is 6.13. The molecule has 0 spiro atoms. The number of hydrogen-bond donors (Lipinski definition) is 2. The van der Waals surface area contributed by atoms with Crippen molar-refractivity contribution in [1.29, 1.82) is 0 Å². The number of ether oxygens (including phenoxy) is 1. The van der Waals surface area contributed by atoms with Crippen molar-refractivity contribution in [1.82, 2.24) is 0 Å². The van der Waals surface area contributed by atoms with Crippen LogP contribution in [0.5, 0.6) is 0 Å². The van der Waals surface area contributed by atoms with E-state index < -0.39 is 7.69 Å². The van der Waals surface area contributed by atoms with E-state index in [4.69, 9.17) is 14.8 Å². The molecule has 0 saturated carbocycles. The first-order chi connectivity index (χ1) is 7.26. The minimum atomic E-state index is -0.750. The van der Waals surface area contributed by atoms with Crippen LogP contribution in [0, 0.1) is 0 Å². The molecule has 4 nitrogen and oxygen atoms in total. The van der Waals surface area contributed by atoms with Crippen LogP contribution in [0.25, 0.3) is 0 Å². The van der Waals surface area contributed by atoms with Gasteiger partial charge in [0.1, 0.15) is 6.61 Å². The number of carbonyl (C=O) groups excluding carboxylic acids is 1. The Morgan fingerprint density at radius 1 is 1.40 bits per heavy atom. The molecule has 5 heteroatoms. The molecule has 0 atom stereocenters. The van der Waals surface area contributed by atoms with Crippen LogP contribution in [-0.4, -0.2) is 30.3 Å². The normalized spacial score (nSPS) is 8.13. The summed E-state index contributed by atoms with van der Waals surface area (Å²) in [5.41, 5.74) is 0.569. The summed E-state index contributed by atoms with van der Waals surface area (Å²) in [7, 11) is -0.750. The van der Waals surface area contributed by atoms with Crippen molar-refractivity contribution in [2.24, 2.45) is 0 Å². The molecule has 0 heterocycles. The van der Waals surface area contributed by atoms with Gasteiger partial charge in [-0.1, -0.05) is 30.9 Å². The third kappa shape index (κ3) is 6.48. The van der Waals surface area contributed by atoms with Crippen molar-refractivity contribution >= 4 is 13.7 Å². The van der Waals surface area contributed by atoms with Gasteiger partial charge in [0, 0.05) is 0 Å². The highest BCUT2D eigenvalue weighted by Crippen LogP contribution is 2.00. The quantitative estimate of drug-likeness (QED) is 0.425. The standard InChI is InChI=1S/C10H10O2.BH3O2/c1-2-8-12-10(11)9-6-4-3-5-7-9;2-1-3/h2-7H,1,8H2;1-3H. The SMILES string of the molecule is C=CCOC(=O)c1ccccc1.OBO. The van der Waals surface area contributed by atoms with Crippen LogP contribution in [0.2, 0.25) is 0 Å². The van der Waals surface area contributed by atoms with Crippen LogP contribution < -0.4 is 0 Å². The molecular formula is C10H13BO4. The van der Waals surface area contributed by atoms with E-state index in [0.717, 1.165) is 0 Å². The maximum Gasteiger partial charge on any atom is 0.432 e. The zero-order valence-corrected chi connectivity index (χ0v) is 8.30. The monoisotopic (exact) mass is 208 g/mol. The highest BCUT2D eigenvalue weighted by atomic mass is 16.5. The Morgan fingerprint density at radius 3 is 2.40 bits per heavy atom. The Morgan fingerprint density at radius 2 is 1.93 bits per heavy atom. The van der Waals surface area contributed by atoms with Crippen LogP contribution in [0.4, 0.5) is 0 Å². The van der Waals surface area contributed by atoms with E-state index in [1.807, 2.05) is 6.07 Å². The molecule has 1 aromatic rings. The molecule has 0 amide bonds.